The standard InChI is InChI=1S/C18H19FN2O3/c1-13-7-8-14(24-13)9-10-17(22)20-11-4-12-21-18(23)15-5-2-3-6-16(15)19/h2-3,5-10H,4,11-12H2,1H3,(H,20,22)(H,21,23). The minimum atomic E-state index is -0.554. The van der Waals surface area contributed by atoms with Crippen molar-refractivity contribution in [2.45, 2.75) is 13.3 Å². The summed E-state index contributed by atoms with van der Waals surface area (Å²) < 4.78 is 18.7. The molecule has 24 heavy (non-hydrogen) atoms. The summed E-state index contributed by atoms with van der Waals surface area (Å²) in [5.41, 5.74) is 0.0122. The fourth-order valence-corrected chi connectivity index (χ4v) is 2.00. The van der Waals surface area contributed by atoms with Gasteiger partial charge in [-0.15, -0.1) is 0 Å². The van der Waals surface area contributed by atoms with E-state index in [1.165, 1.54) is 24.3 Å². The molecule has 1 aromatic heterocycles. The lowest BCUT2D eigenvalue weighted by atomic mass is 10.2. The van der Waals surface area contributed by atoms with Crippen LogP contribution in [0.4, 0.5) is 4.39 Å². The van der Waals surface area contributed by atoms with Crippen LogP contribution in [0.5, 0.6) is 0 Å². The summed E-state index contributed by atoms with van der Waals surface area (Å²) in [6.07, 6.45) is 3.51. The van der Waals surface area contributed by atoms with Gasteiger partial charge in [0.25, 0.3) is 5.91 Å². The number of aryl methyl sites for hydroxylation is 1. The highest BCUT2D eigenvalue weighted by Gasteiger charge is 2.09. The van der Waals surface area contributed by atoms with Gasteiger partial charge in [0.05, 0.1) is 5.56 Å². The van der Waals surface area contributed by atoms with Gasteiger partial charge in [-0.1, -0.05) is 12.1 Å². The van der Waals surface area contributed by atoms with Gasteiger partial charge in [0.2, 0.25) is 5.91 Å². The molecule has 0 spiro atoms. The van der Waals surface area contributed by atoms with E-state index in [9.17, 15) is 14.0 Å². The third-order valence-corrected chi connectivity index (χ3v) is 3.22. The molecule has 0 atom stereocenters. The van der Waals surface area contributed by atoms with Crippen LogP contribution in [0, 0.1) is 12.7 Å². The molecule has 0 unspecified atom stereocenters. The largest absolute Gasteiger partial charge is 0.462 e. The summed E-state index contributed by atoms with van der Waals surface area (Å²) in [5.74, 6) is 0.124. The first-order valence-corrected chi connectivity index (χ1v) is 7.61. The van der Waals surface area contributed by atoms with Crippen LogP contribution >= 0.6 is 0 Å². The maximum absolute atomic E-state index is 13.4. The molecule has 126 valence electrons. The Labute approximate surface area is 139 Å². The summed E-state index contributed by atoms with van der Waals surface area (Å²) in [5, 5.41) is 5.30. The summed E-state index contributed by atoms with van der Waals surface area (Å²) in [6.45, 7) is 2.57. The summed E-state index contributed by atoms with van der Waals surface area (Å²) >= 11 is 0. The zero-order valence-corrected chi connectivity index (χ0v) is 13.3. The van der Waals surface area contributed by atoms with E-state index in [1.807, 2.05) is 13.0 Å². The van der Waals surface area contributed by atoms with E-state index < -0.39 is 11.7 Å². The first-order chi connectivity index (χ1) is 11.6. The van der Waals surface area contributed by atoms with Crippen molar-refractivity contribution in [3.05, 3.63) is 65.4 Å². The van der Waals surface area contributed by atoms with Gasteiger partial charge in [-0.3, -0.25) is 9.59 Å². The number of amides is 2. The Morgan fingerprint density at radius 3 is 2.58 bits per heavy atom. The number of rotatable bonds is 7. The van der Waals surface area contributed by atoms with Crippen molar-refractivity contribution in [2.75, 3.05) is 13.1 Å². The first kappa shape index (κ1) is 17.5. The zero-order valence-electron chi connectivity index (χ0n) is 13.3. The molecular formula is C18H19FN2O3. The van der Waals surface area contributed by atoms with Gasteiger partial charge in [0.15, 0.2) is 0 Å². The van der Waals surface area contributed by atoms with Gasteiger partial charge in [-0.2, -0.15) is 0 Å². The molecule has 1 aromatic carbocycles. The van der Waals surface area contributed by atoms with E-state index >= 15 is 0 Å². The van der Waals surface area contributed by atoms with Gasteiger partial charge in [0.1, 0.15) is 17.3 Å². The molecule has 0 bridgehead atoms. The Balaban J connectivity index is 1.64. The molecule has 2 aromatic rings. The van der Waals surface area contributed by atoms with E-state index in [0.717, 1.165) is 5.76 Å². The second-order valence-corrected chi connectivity index (χ2v) is 5.16. The fourth-order valence-electron chi connectivity index (χ4n) is 2.00. The van der Waals surface area contributed by atoms with Crippen LogP contribution in [0.2, 0.25) is 0 Å². The number of halogens is 1. The van der Waals surface area contributed by atoms with E-state index in [4.69, 9.17) is 4.42 Å². The molecule has 0 radical (unpaired) electrons. The Hall–Kier alpha value is -2.89. The smallest absolute Gasteiger partial charge is 0.254 e. The normalized spacial score (nSPS) is 10.8. The second-order valence-electron chi connectivity index (χ2n) is 5.16. The second kappa shape index (κ2) is 8.67. The Bertz CT molecular complexity index is 737. The number of furan rings is 1. The fraction of sp³-hybridized carbons (Fsp3) is 0.222. The molecule has 0 aliphatic rings. The number of hydrogen-bond donors (Lipinski definition) is 2. The van der Waals surface area contributed by atoms with Crippen LogP contribution < -0.4 is 10.6 Å². The van der Waals surface area contributed by atoms with Crippen LogP contribution in [-0.4, -0.2) is 24.9 Å². The Morgan fingerprint density at radius 1 is 1.12 bits per heavy atom. The third kappa shape index (κ3) is 5.39. The van der Waals surface area contributed by atoms with Gasteiger partial charge >= 0.3 is 0 Å². The van der Waals surface area contributed by atoms with E-state index in [-0.39, 0.29) is 11.5 Å². The average molecular weight is 330 g/mol. The van der Waals surface area contributed by atoms with Crippen molar-refractivity contribution in [1.29, 1.82) is 0 Å². The van der Waals surface area contributed by atoms with Crippen molar-refractivity contribution in [2.24, 2.45) is 0 Å². The molecule has 0 saturated carbocycles. The van der Waals surface area contributed by atoms with Gasteiger partial charge < -0.3 is 15.1 Å². The van der Waals surface area contributed by atoms with Crippen LogP contribution in [-0.2, 0) is 4.79 Å². The van der Waals surface area contributed by atoms with Crippen LogP contribution in [0.1, 0.15) is 28.3 Å². The minimum Gasteiger partial charge on any atom is -0.462 e. The van der Waals surface area contributed by atoms with Crippen LogP contribution in [0.25, 0.3) is 6.08 Å². The number of carbonyl (C=O) groups is 2. The highest BCUT2D eigenvalue weighted by atomic mass is 19.1. The van der Waals surface area contributed by atoms with Crippen molar-refractivity contribution < 1.29 is 18.4 Å². The zero-order chi connectivity index (χ0) is 17.4. The molecular weight excluding hydrogens is 311 g/mol. The number of benzene rings is 1. The molecule has 6 heteroatoms. The topological polar surface area (TPSA) is 71.3 Å². The van der Waals surface area contributed by atoms with Crippen LogP contribution in [0.15, 0.2) is 46.9 Å². The lowest BCUT2D eigenvalue weighted by Crippen LogP contribution is -2.29. The average Bonchev–Trinajstić information content (AvgIpc) is 2.98. The minimum absolute atomic E-state index is 0.0122. The number of nitrogens with one attached hydrogen (secondary N) is 2. The Kier molecular flexibility index (Phi) is 6.31. The molecule has 1 heterocycles. The Morgan fingerprint density at radius 2 is 1.88 bits per heavy atom. The van der Waals surface area contributed by atoms with E-state index in [0.29, 0.717) is 25.3 Å². The monoisotopic (exact) mass is 330 g/mol. The maximum atomic E-state index is 13.4. The quantitative estimate of drug-likeness (QED) is 0.606. The lowest BCUT2D eigenvalue weighted by Gasteiger charge is -2.06. The van der Waals surface area contributed by atoms with E-state index in [2.05, 4.69) is 10.6 Å². The molecule has 0 saturated heterocycles. The van der Waals surface area contributed by atoms with E-state index in [1.54, 1.807) is 18.2 Å². The molecule has 2 N–H and O–H groups in total. The number of hydrogen-bond acceptors (Lipinski definition) is 3. The van der Waals surface area contributed by atoms with Crippen molar-refractivity contribution in [3.8, 4) is 0 Å². The SMILES string of the molecule is Cc1ccc(C=CC(=O)NCCCNC(=O)c2ccccc2F)o1. The molecule has 0 aliphatic carbocycles. The molecule has 2 rings (SSSR count). The van der Waals surface area contributed by atoms with Crippen LogP contribution in [0.3, 0.4) is 0 Å². The molecule has 2 amide bonds. The lowest BCUT2D eigenvalue weighted by molar-refractivity contribution is -0.116. The molecule has 5 nitrogen and oxygen atoms in total. The highest BCUT2D eigenvalue weighted by molar-refractivity contribution is 5.94. The summed E-state index contributed by atoms with van der Waals surface area (Å²) in [6, 6.07) is 9.38. The van der Waals surface area contributed by atoms with Gasteiger partial charge in [-0.05, 0) is 43.7 Å². The highest BCUT2D eigenvalue weighted by Crippen LogP contribution is 2.07. The third-order valence-electron chi connectivity index (χ3n) is 3.22. The molecule has 0 aliphatic heterocycles. The predicted molar refractivity (Wildman–Crippen MR) is 88.8 cm³/mol. The summed E-state index contributed by atoms with van der Waals surface area (Å²) in [7, 11) is 0. The van der Waals surface area contributed by atoms with Gasteiger partial charge in [-0.25, -0.2) is 4.39 Å². The predicted octanol–water partition coefficient (Wildman–Crippen LogP) is 2.68. The van der Waals surface area contributed by atoms with Crippen molar-refractivity contribution in [3.63, 3.8) is 0 Å². The van der Waals surface area contributed by atoms with Crippen molar-refractivity contribution in [1.82, 2.24) is 10.6 Å². The van der Waals surface area contributed by atoms with Crippen molar-refractivity contribution >= 4 is 17.9 Å². The summed E-state index contributed by atoms with van der Waals surface area (Å²) in [4.78, 5) is 23.4. The van der Waals surface area contributed by atoms with Gasteiger partial charge in [0, 0.05) is 19.2 Å². The first-order valence-electron chi connectivity index (χ1n) is 7.61. The number of carbonyl (C=O) groups excluding carboxylic acids is 2. The maximum Gasteiger partial charge on any atom is 0.254 e. The molecule has 0 fully saturated rings.